The van der Waals surface area contributed by atoms with Crippen molar-refractivity contribution in [3.05, 3.63) is 128 Å². The van der Waals surface area contributed by atoms with Gasteiger partial charge in [0.15, 0.2) is 0 Å². The van der Waals surface area contributed by atoms with Crippen LogP contribution in [0.4, 0.5) is 0 Å². The molecule has 1 heterocycles. The Bertz CT molecular complexity index is 2330. The van der Waals surface area contributed by atoms with E-state index < -0.39 is 0 Å². The smallest absolute Gasteiger partial charge is 0.0714 e. The second-order valence-corrected chi connectivity index (χ2v) is 10.4. The van der Waals surface area contributed by atoms with Gasteiger partial charge in [-0.2, -0.15) is 0 Å². The van der Waals surface area contributed by atoms with Gasteiger partial charge in [0.05, 0.1) is 5.69 Å². The Labute approximate surface area is 219 Å². The third kappa shape index (κ3) is 2.63. The minimum atomic E-state index is 1.01. The molecule has 0 aliphatic carbocycles. The van der Waals surface area contributed by atoms with Crippen molar-refractivity contribution in [2.24, 2.45) is 0 Å². The van der Waals surface area contributed by atoms with Crippen LogP contribution in [0, 0.1) is 0 Å². The number of aromatic nitrogens is 1. The average molecular weight is 480 g/mol. The van der Waals surface area contributed by atoms with E-state index in [0.29, 0.717) is 0 Å². The first kappa shape index (κ1) is 20.1. The summed E-state index contributed by atoms with van der Waals surface area (Å²) >= 11 is 0. The van der Waals surface area contributed by atoms with Gasteiger partial charge >= 0.3 is 0 Å². The molecule has 38 heavy (non-hydrogen) atoms. The summed E-state index contributed by atoms with van der Waals surface area (Å²) in [5, 5.41) is 15.6. The molecule has 8 aromatic carbocycles. The van der Waals surface area contributed by atoms with Crippen molar-refractivity contribution in [1.82, 2.24) is 4.98 Å². The lowest BCUT2D eigenvalue weighted by Crippen LogP contribution is -1.91. The van der Waals surface area contributed by atoms with Gasteiger partial charge in [0.25, 0.3) is 0 Å². The van der Waals surface area contributed by atoms with Gasteiger partial charge in [-0.1, -0.05) is 103 Å². The van der Waals surface area contributed by atoms with Gasteiger partial charge in [0.1, 0.15) is 0 Å². The van der Waals surface area contributed by atoms with Gasteiger partial charge in [0, 0.05) is 11.8 Å². The van der Waals surface area contributed by atoms with Crippen LogP contribution in [0.25, 0.3) is 87.0 Å². The van der Waals surface area contributed by atoms with E-state index in [0.717, 1.165) is 5.69 Å². The molecular weight excluding hydrogens is 458 g/mol. The summed E-state index contributed by atoms with van der Waals surface area (Å²) in [6.07, 6.45) is 1.96. The Morgan fingerprint density at radius 3 is 1.63 bits per heavy atom. The van der Waals surface area contributed by atoms with Gasteiger partial charge in [-0.25, -0.2) is 0 Å². The second kappa shape index (κ2) is 7.27. The molecule has 0 fully saturated rings. The molecule has 0 N–H and O–H groups in total. The number of benzene rings is 8. The summed E-state index contributed by atoms with van der Waals surface area (Å²) in [4.78, 5) is 4.89. The molecule has 0 saturated carbocycles. The lowest BCUT2D eigenvalue weighted by Gasteiger charge is -2.16. The predicted molar refractivity (Wildman–Crippen MR) is 163 cm³/mol. The summed E-state index contributed by atoms with van der Waals surface area (Å²) in [5.41, 5.74) is 4.63. The Balaban J connectivity index is 1.33. The van der Waals surface area contributed by atoms with Gasteiger partial charge in [-0.15, -0.1) is 0 Å². The molecular formula is C37H21N. The molecule has 9 rings (SSSR count). The molecule has 0 spiro atoms. The Kier molecular flexibility index (Phi) is 3.85. The molecule has 1 aromatic heterocycles. The number of pyridine rings is 1. The fourth-order valence-electron chi connectivity index (χ4n) is 6.70. The van der Waals surface area contributed by atoms with Gasteiger partial charge < -0.3 is 0 Å². The molecule has 1 nitrogen and oxygen atoms in total. The first-order valence-corrected chi connectivity index (χ1v) is 13.1. The predicted octanol–water partition coefficient (Wildman–Crippen LogP) is 10.2. The summed E-state index contributed by atoms with van der Waals surface area (Å²) < 4.78 is 0. The summed E-state index contributed by atoms with van der Waals surface area (Å²) in [5.74, 6) is 0. The van der Waals surface area contributed by atoms with E-state index >= 15 is 0 Å². The Morgan fingerprint density at radius 1 is 0.368 bits per heavy atom. The highest BCUT2D eigenvalue weighted by molar-refractivity contribution is 6.27. The van der Waals surface area contributed by atoms with Crippen molar-refractivity contribution in [2.75, 3.05) is 0 Å². The Morgan fingerprint density at radius 2 is 0.895 bits per heavy atom. The molecule has 1 heteroatoms. The van der Waals surface area contributed by atoms with Crippen molar-refractivity contribution < 1.29 is 0 Å². The highest BCUT2D eigenvalue weighted by Gasteiger charge is 2.16. The van der Waals surface area contributed by atoms with Gasteiger partial charge in [0.2, 0.25) is 0 Å². The zero-order valence-electron chi connectivity index (χ0n) is 20.6. The van der Waals surface area contributed by atoms with E-state index in [1.54, 1.807) is 0 Å². The second-order valence-electron chi connectivity index (χ2n) is 10.4. The molecule has 0 aliphatic heterocycles. The van der Waals surface area contributed by atoms with Gasteiger partial charge in [-0.05, 0) is 94.0 Å². The monoisotopic (exact) mass is 479 g/mol. The molecule has 0 radical (unpaired) electrons. The van der Waals surface area contributed by atoms with Crippen LogP contribution in [0.2, 0.25) is 0 Å². The van der Waals surface area contributed by atoms with Crippen LogP contribution in [0.5, 0.6) is 0 Å². The largest absolute Gasteiger partial charge is 0.256 e. The maximum Gasteiger partial charge on any atom is 0.0714 e. The van der Waals surface area contributed by atoms with Crippen LogP contribution in [0.3, 0.4) is 0 Å². The van der Waals surface area contributed by atoms with E-state index in [1.807, 2.05) is 6.20 Å². The van der Waals surface area contributed by atoms with Crippen LogP contribution < -0.4 is 0 Å². The number of hydrogen-bond acceptors (Lipinski definition) is 1. The molecule has 174 valence electrons. The highest BCUT2D eigenvalue weighted by Crippen LogP contribution is 2.42. The number of hydrogen-bond donors (Lipinski definition) is 0. The van der Waals surface area contributed by atoms with Crippen molar-refractivity contribution in [1.29, 1.82) is 0 Å². The zero-order valence-corrected chi connectivity index (χ0v) is 20.6. The zero-order chi connectivity index (χ0) is 24.8. The minimum absolute atomic E-state index is 1.01. The van der Waals surface area contributed by atoms with Crippen LogP contribution in [-0.2, 0) is 0 Å². The standard InChI is InChI=1S/C37H21N/c1-4-22-11-13-26-14-16-29(31-17-15-24(5-1)34(22)37(26)31)33-21-27(18-19-38-33)32-20-28-8-2-6-23-10-12-25-7-3-9-30(32)36(25)35(23)28/h1-21H. The van der Waals surface area contributed by atoms with E-state index in [1.165, 1.54) is 81.3 Å². The fourth-order valence-corrected chi connectivity index (χ4v) is 6.70. The summed E-state index contributed by atoms with van der Waals surface area (Å²) in [6.45, 7) is 0. The molecule has 0 bridgehead atoms. The highest BCUT2D eigenvalue weighted by atomic mass is 14.7. The third-order valence-electron chi connectivity index (χ3n) is 8.38. The topological polar surface area (TPSA) is 12.9 Å². The number of nitrogens with zero attached hydrogens (tertiary/aromatic N) is 1. The molecule has 0 unspecified atom stereocenters. The van der Waals surface area contributed by atoms with Crippen molar-refractivity contribution in [3.8, 4) is 22.4 Å². The van der Waals surface area contributed by atoms with Crippen LogP contribution in [0.1, 0.15) is 0 Å². The van der Waals surface area contributed by atoms with Gasteiger partial charge in [-0.3, -0.25) is 4.98 Å². The van der Waals surface area contributed by atoms with Crippen LogP contribution >= 0.6 is 0 Å². The van der Waals surface area contributed by atoms with E-state index in [4.69, 9.17) is 4.98 Å². The van der Waals surface area contributed by atoms with Crippen LogP contribution in [0.15, 0.2) is 128 Å². The third-order valence-corrected chi connectivity index (χ3v) is 8.38. The van der Waals surface area contributed by atoms with E-state index in [2.05, 4.69) is 121 Å². The lowest BCUT2D eigenvalue weighted by molar-refractivity contribution is 1.33. The maximum atomic E-state index is 4.89. The first-order chi connectivity index (χ1) is 18.8. The fraction of sp³-hybridized carbons (Fsp3) is 0. The molecule has 0 saturated heterocycles. The minimum Gasteiger partial charge on any atom is -0.256 e. The van der Waals surface area contributed by atoms with Crippen molar-refractivity contribution in [2.45, 2.75) is 0 Å². The van der Waals surface area contributed by atoms with Crippen molar-refractivity contribution in [3.63, 3.8) is 0 Å². The van der Waals surface area contributed by atoms with Crippen LogP contribution in [-0.4, -0.2) is 4.98 Å². The van der Waals surface area contributed by atoms with E-state index in [-0.39, 0.29) is 0 Å². The SMILES string of the molecule is c1cc2ccc3cccc4c(-c5ccnc(-c6ccc7ccc8cccc9ccc6c7c89)c5)cc(c1)c2c34. The summed E-state index contributed by atoms with van der Waals surface area (Å²) in [6, 6.07) is 44.6. The molecule has 0 atom stereocenters. The first-order valence-electron chi connectivity index (χ1n) is 13.1. The normalized spacial score (nSPS) is 12.2. The maximum absolute atomic E-state index is 4.89. The van der Waals surface area contributed by atoms with Crippen molar-refractivity contribution >= 4 is 64.6 Å². The number of rotatable bonds is 2. The van der Waals surface area contributed by atoms with E-state index in [9.17, 15) is 0 Å². The molecule has 9 aromatic rings. The average Bonchev–Trinajstić information content (AvgIpc) is 2.98. The lowest BCUT2D eigenvalue weighted by atomic mass is 9.88. The molecule has 0 aliphatic rings. The quantitative estimate of drug-likeness (QED) is 0.225. The molecule has 0 amide bonds. The summed E-state index contributed by atoms with van der Waals surface area (Å²) in [7, 11) is 0. The Hall–Kier alpha value is -5.01.